The molecule has 100 valence electrons. The Morgan fingerprint density at radius 3 is 2.84 bits per heavy atom. The van der Waals surface area contributed by atoms with Crippen molar-refractivity contribution < 1.29 is 8.78 Å². The molecular weight excluding hydrogens is 248 g/mol. The molecule has 2 N–H and O–H groups in total. The molecule has 2 unspecified atom stereocenters. The van der Waals surface area contributed by atoms with Crippen LogP contribution in [0.4, 0.5) is 8.78 Å². The van der Waals surface area contributed by atoms with Gasteiger partial charge in [0.1, 0.15) is 5.82 Å². The summed E-state index contributed by atoms with van der Waals surface area (Å²) in [7, 11) is 0. The molecule has 0 radical (unpaired) electrons. The summed E-state index contributed by atoms with van der Waals surface area (Å²) in [6.45, 7) is 2.79. The number of imidazole rings is 1. The zero-order valence-electron chi connectivity index (χ0n) is 10.6. The van der Waals surface area contributed by atoms with Gasteiger partial charge in [-0.25, -0.2) is 13.8 Å². The van der Waals surface area contributed by atoms with Gasteiger partial charge in [0.05, 0.1) is 5.69 Å². The second kappa shape index (κ2) is 4.42. The zero-order valence-corrected chi connectivity index (χ0v) is 10.6. The molecule has 0 bridgehead atoms. The highest BCUT2D eigenvalue weighted by Crippen LogP contribution is 2.29. The van der Waals surface area contributed by atoms with Crippen LogP contribution >= 0.6 is 0 Å². The quantitative estimate of drug-likeness (QED) is 0.859. The van der Waals surface area contributed by atoms with Crippen LogP contribution < -0.4 is 5.73 Å². The summed E-state index contributed by atoms with van der Waals surface area (Å²) in [6, 6.07) is 3.96. The third kappa shape index (κ3) is 2.14. The van der Waals surface area contributed by atoms with Gasteiger partial charge < -0.3 is 10.3 Å². The molecular formula is C14H15F2N3. The summed E-state index contributed by atoms with van der Waals surface area (Å²) in [6.07, 6.45) is 2.76. The molecule has 1 aliphatic heterocycles. The number of benzene rings is 1. The number of hydrogen-bond donors (Lipinski definition) is 1. The predicted octanol–water partition coefficient (Wildman–Crippen LogP) is 2.66. The first-order valence-corrected chi connectivity index (χ1v) is 6.32. The van der Waals surface area contributed by atoms with Crippen LogP contribution in [0.5, 0.6) is 0 Å². The molecule has 3 nitrogen and oxygen atoms in total. The molecule has 2 atom stereocenters. The Kier molecular flexibility index (Phi) is 2.86. The lowest BCUT2D eigenvalue weighted by Crippen LogP contribution is -2.33. The SMILES string of the molecule is CC1CC(N)Cn2cc(-c3ccc(F)c(F)c3)nc21. The van der Waals surface area contributed by atoms with E-state index in [-0.39, 0.29) is 12.0 Å². The molecule has 0 fully saturated rings. The van der Waals surface area contributed by atoms with E-state index in [1.165, 1.54) is 12.1 Å². The number of aromatic nitrogens is 2. The van der Waals surface area contributed by atoms with E-state index in [4.69, 9.17) is 5.73 Å². The maximum Gasteiger partial charge on any atom is 0.159 e. The van der Waals surface area contributed by atoms with Crippen molar-refractivity contribution in [2.45, 2.75) is 31.8 Å². The molecule has 1 aromatic heterocycles. The first-order chi connectivity index (χ1) is 9.04. The predicted molar refractivity (Wildman–Crippen MR) is 68.6 cm³/mol. The Morgan fingerprint density at radius 2 is 2.11 bits per heavy atom. The molecule has 1 aromatic carbocycles. The van der Waals surface area contributed by atoms with Gasteiger partial charge in [-0.2, -0.15) is 0 Å². The third-order valence-electron chi connectivity index (χ3n) is 3.55. The first kappa shape index (κ1) is 12.3. The van der Waals surface area contributed by atoms with Crippen LogP contribution in [0, 0.1) is 11.6 Å². The highest BCUT2D eigenvalue weighted by Gasteiger charge is 2.24. The van der Waals surface area contributed by atoms with Crippen molar-refractivity contribution in [3.63, 3.8) is 0 Å². The number of fused-ring (bicyclic) bond motifs is 1. The van der Waals surface area contributed by atoms with E-state index in [0.29, 0.717) is 11.3 Å². The van der Waals surface area contributed by atoms with Crippen LogP contribution in [0.2, 0.25) is 0 Å². The molecule has 19 heavy (non-hydrogen) atoms. The standard InChI is InChI=1S/C14H15F2N3/c1-8-4-10(17)6-19-7-13(18-14(8)19)9-2-3-11(15)12(16)5-9/h2-3,5,7-8,10H,4,6,17H2,1H3. The van der Waals surface area contributed by atoms with Gasteiger partial charge in [-0.05, 0) is 24.6 Å². The highest BCUT2D eigenvalue weighted by atomic mass is 19.2. The van der Waals surface area contributed by atoms with Crippen molar-refractivity contribution in [3.05, 3.63) is 41.9 Å². The summed E-state index contributed by atoms with van der Waals surface area (Å²) >= 11 is 0. The Morgan fingerprint density at radius 1 is 1.32 bits per heavy atom. The number of nitrogens with zero attached hydrogens (tertiary/aromatic N) is 2. The van der Waals surface area contributed by atoms with E-state index in [0.717, 1.165) is 24.9 Å². The number of nitrogens with two attached hydrogens (primary N) is 1. The van der Waals surface area contributed by atoms with E-state index in [9.17, 15) is 8.78 Å². The van der Waals surface area contributed by atoms with Crippen LogP contribution in [0.3, 0.4) is 0 Å². The van der Waals surface area contributed by atoms with Crippen molar-refractivity contribution in [1.82, 2.24) is 9.55 Å². The number of halogens is 2. The van der Waals surface area contributed by atoms with Crippen molar-refractivity contribution in [3.8, 4) is 11.3 Å². The molecule has 0 aliphatic carbocycles. The number of rotatable bonds is 1. The van der Waals surface area contributed by atoms with E-state index in [1.54, 1.807) is 0 Å². The molecule has 0 amide bonds. The van der Waals surface area contributed by atoms with Crippen LogP contribution in [0.15, 0.2) is 24.4 Å². The van der Waals surface area contributed by atoms with E-state index >= 15 is 0 Å². The second-order valence-corrected chi connectivity index (χ2v) is 5.16. The molecule has 0 saturated carbocycles. The summed E-state index contributed by atoms with van der Waals surface area (Å²) in [5, 5.41) is 0. The van der Waals surface area contributed by atoms with Crippen LogP contribution in [-0.4, -0.2) is 15.6 Å². The van der Waals surface area contributed by atoms with Gasteiger partial charge in [0.15, 0.2) is 11.6 Å². The normalized spacial score (nSPS) is 22.3. The van der Waals surface area contributed by atoms with Crippen molar-refractivity contribution >= 4 is 0 Å². The third-order valence-corrected chi connectivity index (χ3v) is 3.55. The smallest absolute Gasteiger partial charge is 0.159 e. The molecule has 2 aromatic rings. The summed E-state index contributed by atoms with van der Waals surface area (Å²) in [5.74, 6) is -0.458. The minimum atomic E-state index is -0.853. The minimum absolute atomic E-state index is 0.120. The lowest BCUT2D eigenvalue weighted by molar-refractivity contribution is 0.407. The van der Waals surface area contributed by atoms with Crippen LogP contribution in [0.25, 0.3) is 11.3 Å². The molecule has 1 aliphatic rings. The van der Waals surface area contributed by atoms with Crippen LogP contribution in [0.1, 0.15) is 25.1 Å². The lowest BCUT2D eigenvalue weighted by atomic mass is 9.98. The van der Waals surface area contributed by atoms with E-state index in [1.807, 2.05) is 10.8 Å². The zero-order chi connectivity index (χ0) is 13.6. The maximum absolute atomic E-state index is 13.3. The minimum Gasteiger partial charge on any atom is -0.332 e. The van der Waals surface area contributed by atoms with Gasteiger partial charge in [0.2, 0.25) is 0 Å². The monoisotopic (exact) mass is 263 g/mol. The average molecular weight is 263 g/mol. The van der Waals surface area contributed by atoms with Crippen molar-refractivity contribution in [2.24, 2.45) is 5.73 Å². The first-order valence-electron chi connectivity index (χ1n) is 6.32. The molecule has 2 heterocycles. The second-order valence-electron chi connectivity index (χ2n) is 5.16. The van der Waals surface area contributed by atoms with Crippen molar-refractivity contribution in [1.29, 1.82) is 0 Å². The highest BCUT2D eigenvalue weighted by molar-refractivity contribution is 5.59. The fraction of sp³-hybridized carbons (Fsp3) is 0.357. The Hall–Kier alpha value is -1.75. The summed E-state index contributed by atoms with van der Waals surface area (Å²) in [5.41, 5.74) is 7.22. The van der Waals surface area contributed by atoms with Gasteiger partial charge >= 0.3 is 0 Å². The lowest BCUT2D eigenvalue weighted by Gasteiger charge is -2.25. The van der Waals surface area contributed by atoms with Gasteiger partial charge in [-0.15, -0.1) is 0 Å². The molecule has 5 heteroatoms. The van der Waals surface area contributed by atoms with Gasteiger partial charge in [0.25, 0.3) is 0 Å². The largest absolute Gasteiger partial charge is 0.332 e. The molecule has 3 rings (SSSR count). The van der Waals surface area contributed by atoms with Crippen molar-refractivity contribution in [2.75, 3.05) is 0 Å². The average Bonchev–Trinajstić information content (AvgIpc) is 2.76. The fourth-order valence-corrected chi connectivity index (χ4v) is 2.65. The Balaban J connectivity index is 2.03. The maximum atomic E-state index is 13.3. The number of hydrogen-bond acceptors (Lipinski definition) is 2. The van der Waals surface area contributed by atoms with Crippen LogP contribution in [-0.2, 0) is 6.54 Å². The van der Waals surface area contributed by atoms with Gasteiger partial charge in [-0.3, -0.25) is 0 Å². The van der Waals surface area contributed by atoms with E-state index < -0.39 is 11.6 Å². The van der Waals surface area contributed by atoms with Gasteiger partial charge in [-0.1, -0.05) is 6.92 Å². The molecule has 0 saturated heterocycles. The fourth-order valence-electron chi connectivity index (χ4n) is 2.65. The topological polar surface area (TPSA) is 43.8 Å². The summed E-state index contributed by atoms with van der Waals surface area (Å²) in [4.78, 5) is 4.53. The Labute approximate surface area is 110 Å². The van der Waals surface area contributed by atoms with Gasteiger partial charge in [0, 0.05) is 30.3 Å². The molecule has 0 spiro atoms. The van der Waals surface area contributed by atoms with E-state index in [2.05, 4.69) is 11.9 Å². The Bertz CT molecular complexity index is 621. The summed E-state index contributed by atoms with van der Waals surface area (Å²) < 4.78 is 28.2.